The van der Waals surface area contributed by atoms with Gasteiger partial charge in [0.1, 0.15) is 5.75 Å². The van der Waals surface area contributed by atoms with E-state index in [-0.39, 0.29) is 17.7 Å². The van der Waals surface area contributed by atoms with Crippen molar-refractivity contribution < 1.29 is 14.3 Å². The molecule has 0 N–H and O–H groups in total. The standard InChI is InChI=1S/C17H22N2O3/c1-22-15-6-4-5-13(9-15)11-19-12-14(10-16(19)20)17(21)18-7-2-3-8-18/h4-6,9,14H,2-3,7-8,10-12H2,1H3/t14-/m0/s1. The second-order valence-electron chi connectivity index (χ2n) is 6.06. The van der Waals surface area contributed by atoms with E-state index in [0.29, 0.717) is 19.5 Å². The van der Waals surface area contributed by atoms with E-state index in [2.05, 4.69) is 0 Å². The van der Waals surface area contributed by atoms with Gasteiger partial charge in [-0.05, 0) is 30.5 Å². The average Bonchev–Trinajstić information content (AvgIpc) is 3.18. The maximum Gasteiger partial charge on any atom is 0.227 e. The minimum Gasteiger partial charge on any atom is -0.497 e. The Morgan fingerprint density at radius 1 is 1.32 bits per heavy atom. The van der Waals surface area contributed by atoms with Gasteiger partial charge in [0.05, 0.1) is 13.0 Å². The molecule has 3 rings (SSSR count). The van der Waals surface area contributed by atoms with Crippen molar-refractivity contribution in [3.63, 3.8) is 0 Å². The van der Waals surface area contributed by atoms with Crippen LogP contribution in [0.5, 0.6) is 5.75 Å². The van der Waals surface area contributed by atoms with E-state index in [9.17, 15) is 9.59 Å². The van der Waals surface area contributed by atoms with Gasteiger partial charge in [-0.3, -0.25) is 9.59 Å². The first-order valence-electron chi connectivity index (χ1n) is 7.87. The van der Waals surface area contributed by atoms with E-state index in [1.54, 1.807) is 12.0 Å². The monoisotopic (exact) mass is 302 g/mol. The molecule has 2 heterocycles. The first kappa shape index (κ1) is 14.9. The summed E-state index contributed by atoms with van der Waals surface area (Å²) in [6.07, 6.45) is 2.51. The van der Waals surface area contributed by atoms with E-state index in [1.807, 2.05) is 29.2 Å². The number of benzene rings is 1. The molecule has 0 bridgehead atoms. The van der Waals surface area contributed by atoms with Crippen LogP contribution in [0.25, 0.3) is 0 Å². The van der Waals surface area contributed by atoms with Gasteiger partial charge in [0.2, 0.25) is 11.8 Å². The minimum atomic E-state index is -0.170. The molecular formula is C17H22N2O3. The van der Waals surface area contributed by atoms with Crippen LogP contribution in [0.2, 0.25) is 0 Å². The molecule has 1 aromatic carbocycles. The van der Waals surface area contributed by atoms with Crippen molar-refractivity contribution in [1.29, 1.82) is 0 Å². The minimum absolute atomic E-state index is 0.0698. The van der Waals surface area contributed by atoms with Gasteiger partial charge in [-0.1, -0.05) is 12.1 Å². The molecule has 0 saturated carbocycles. The van der Waals surface area contributed by atoms with Crippen molar-refractivity contribution in [2.75, 3.05) is 26.7 Å². The predicted octanol–water partition coefficient (Wildman–Crippen LogP) is 1.67. The predicted molar refractivity (Wildman–Crippen MR) is 82.3 cm³/mol. The number of rotatable bonds is 4. The lowest BCUT2D eigenvalue weighted by molar-refractivity contribution is -0.134. The van der Waals surface area contributed by atoms with Gasteiger partial charge in [-0.25, -0.2) is 0 Å². The molecule has 22 heavy (non-hydrogen) atoms. The fourth-order valence-electron chi connectivity index (χ4n) is 3.28. The average molecular weight is 302 g/mol. The highest BCUT2D eigenvalue weighted by Gasteiger charge is 2.36. The van der Waals surface area contributed by atoms with E-state index in [4.69, 9.17) is 4.74 Å². The molecule has 0 unspecified atom stereocenters. The van der Waals surface area contributed by atoms with Gasteiger partial charge in [0, 0.05) is 32.6 Å². The Labute approximate surface area is 130 Å². The Morgan fingerprint density at radius 3 is 2.82 bits per heavy atom. The third kappa shape index (κ3) is 3.08. The Balaban J connectivity index is 1.63. The van der Waals surface area contributed by atoms with Crippen LogP contribution in [0.15, 0.2) is 24.3 Å². The topological polar surface area (TPSA) is 49.9 Å². The highest BCUT2D eigenvalue weighted by molar-refractivity contribution is 5.89. The normalized spacial score (nSPS) is 21.5. The summed E-state index contributed by atoms with van der Waals surface area (Å²) in [6, 6.07) is 7.71. The van der Waals surface area contributed by atoms with Gasteiger partial charge in [0.25, 0.3) is 0 Å². The van der Waals surface area contributed by atoms with E-state index < -0.39 is 0 Å². The van der Waals surface area contributed by atoms with E-state index in [1.165, 1.54) is 0 Å². The Bertz CT molecular complexity index is 567. The third-order valence-corrected chi connectivity index (χ3v) is 4.49. The highest BCUT2D eigenvalue weighted by Crippen LogP contribution is 2.24. The van der Waals surface area contributed by atoms with Gasteiger partial charge >= 0.3 is 0 Å². The number of likely N-dealkylation sites (tertiary alicyclic amines) is 2. The molecule has 0 aliphatic carbocycles. The lowest BCUT2D eigenvalue weighted by Crippen LogP contribution is -2.35. The van der Waals surface area contributed by atoms with Gasteiger partial charge in [-0.2, -0.15) is 0 Å². The smallest absolute Gasteiger partial charge is 0.227 e. The van der Waals surface area contributed by atoms with E-state index >= 15 is 0 Å². The second-order valence-corrected chi connectivity index (χ2v) is 6.06. The largest absolute Gasteiger partial charge is 0.497 e. The lowest BCUT2D eigenvalue weighted by atomic mass is 10.1. The molecule has 118 valence electrons. The van der Waals surface area contributed by atoms with Gasteiger partial charge < -0.3 is 14.5 Å². The van der Waals surface area contributed by atoms with Crippen LogP contribution in [0.4, 0.5) is 0 Å². The molecule has 5 heteroatoms. The van der Waals surface area contributed by atoms with Crippen LogP contribution < -0.4 is 4.74 Å². The molecule has 2 amide bonds. The first-order chi connectivity index (χ1) is 10.7. The summed E-state index contributed by atoms with van der Waals surface area (Å²) in [6.45, 7) is 2.77. The van der Waals surface area contributed by atoms with Gasteiger partial charge in [-0.15, -0.1) is 0 Å². The summed E-state index contributed by atoms with van der Waals surface area (Å²) in [5.41, 5.74) is 1.03. The van der Waals surface area contributed by atoms with Crippen molar-refractivity contribution in [2.24, 2.45) is 5.92 Å². The van der Waals surface area contributed by atoms with E-state index in [0.717, 1.165) is 37.2 Å². The highest BCUT2D eigenvalue weighted by atomic mass is 16.5. The molecule has 2 aliphatic heterocycles. The van der Waals surface area contributed by atoms with Crippen LogP contribution in [-0.2, 0) is 16.1 Å². The van der Waals surface area contributed by atoms with Crippen molar-refractivity contribution >= 4 is 11.8 Å². The van der Waals surface area contributed by atoms with Crippen LogP contribution in [0.3, 0.4) is 0 Å². The Hall–Kier alpha value is -2.04. The quantitative estimate of drug-likeness (QED) is 0.850. The molecule has 5 nitrogen and oxygen atoms in total. The van der Waals surface area contributed by atoms with Crippen molar-refractivity contribution in [3.8, 4) is 5.75 Å². The summed E-state index contributed by atoms with van der Waals surface area (Å²) in [5, 5.41) is 0. The number of amides is 2. The number of ether oxygens (including phenoxy) is 1. The number of hydrogen-bond donors (Lipinski definition) is 0. The summed E-state index contributed by atoms with van der Waals surface area (Å²) in [5.74, 6) is 0.837. The van der Waals surface area contributed by atoms with Crippen LogP contribution in [0, 0.1) is 5.92 Å². The van der Waals surface area contributed by atoms with Crippen molar-refractivity contribution in [2.45, 2.75) is 25.8 Å². The number of nitrogens with zero attached hydrogens (tertiary/aromatic N) is 2. The zero-order valence-electron chi connectivity index (χ0n) is 13.0. The first-order valence-corrected chi connectivity index (χ1v) is 7.87. The summed E-state index contributed by atoms with van der Waals surface area (Å²) >= 11 is 0. The molecule has 1 aromatic rings. The zero-order valence-corrected chi connectivity index (χ0v) is 13.0. The maximum absolute atomic E-state index is 12.4. The Kier molecular flexibility index (Phi) is 4.32. The molecule has 2 fully saturated rings. The number of carbonyl (C=O) groups excluding carboxylic acids is 2. The van der Waals surface area contributed by atoms with Crippen molar-refractivity contribution in [1.82, 2.24) is 9.80 Å². The fourth-order valence-corrected chi connectivity index (χ4v) is 3.28. The number of methoxy groups -OCH3 is 1. The number of hydrogen-bond acceptors (Lipinski definition) is 3. The summed E-state index contributed by atoms with van der Waals surface area (Å²) in [4.78, 5) is 28.3. The molecule has 0 spiro atoms. The van der Waals surface area contributed by atoms with Crippen molar-refractivity contribution in [3.05, 3.63) is 29.8 Å². The summed E-state index contributed by atoms with van der Waals surface area (Å²) < 4.78 is 5.21. The zero-order chi connectivity index (χ0) is 15.5. The molecule has 0 aromatic heterocycles. The molecule has 2 saturated heterocycles. The van der Waals surface area contributed by atoms with Crippen LogP contribution in [0.1, 0.15) is 24.8 Å². The molecular weight excluding hydrogens is 280 g/mol. The molecule has 2 aliphatic rings. The summed E-state index contributed by atoms with van der Waals surface area (Å²) in [7, 11) is 1.63. The lowest BCUT2D eigenvalue weighted by Gasteiger charge is -2.20. The van der Waals surface area contributed by atoms with Crippen LogP contribution >= 0.6 is 0 Å². The SMILES string of the molecule is COc1cccc(CN2C[C@@H](C(=O)N3CCCC3)CC2=O)c1. The maximum atomic E-state index is 12.4. The Morgan fingerprint density at radius 2 is 2.09 bits per heavy atom. The molecule has 0 radical (unpaired) electrons. The number of carbonyl (C=O) groups is 2. The van der Waals surface area contributed by atoms with Crippen LogP contribution in [-0.4, -0.2) is 48.4 Å². The van der Waals surface area contributed by atoms with Gasteiger partial charge in [0.15, 0.2) is 0 Å². The molecule has 1 atom stereocenters. The second kappa shape index (κ2) is 6.38. The fraction of sp³-hybridized carbons (Fsp3) is 0.529. The third-order valence-electron chi connectivity index (χ3n) is 4.49.